The van der Waals surface area contributed by atoms with Crippen molar-refractivity contribution in [3.05, 3.63) is 29.5 Å². The van der Waals surface area contributed by atoms with E-state index >= 15 is 0 Å². The lowest BCUT2D eigenvalue weighted by molar-refractivity contribution is 0.0611. The van der Waals surface area contributed by atoms with Crippen LogP contribution in [0.1, 0.15) is 22.6 Å². The molecular formula is C10H8F2N2O2. The molecule has 1 aromatic heterocycles. The summed E-state index contributed by atoms with van der Waals surface area (Å²) < 4.78 is 25.7. The summed E-state index contributed by atoms with van der Waals surface area (Å²) in [5.41, 5.74) is 0.681. The molecule has 0 aliphatic rings. The number of hydrogen-bond acceptors (Lipinski definition) is 2. The number of aryl methyl sites for hydroxylation is 1. The Balaban J connectivity index is 2.71. The molecule has 2 rings (SSSR count). The molecule has 1 heterocycles. The van der Waals surface area contributed by atoms with Crippen molar-refractivity contribution in [3.63, 3.8) is 0 Å². The first-order valence-electron chi connectivity index (χ1n) is 4.51. The predicted octanol–water partition coefficient (Wildman–Crippen LogP) is 2.44. The van der Waals surface area contributed by atoms with Gasteiger partial charge < -0.3 is 5.11 Å². The van der Waals surface area contributed by atoms with Gasteiger partial charge in [-0.05, 0) is 25.1 Å². The second-order valence-corrected chi connectivity index (χ2v) is 3.34. The second-order valence-electron chi connectivity index (χ2n) is 3.34. The monoisotopic (exact) mass is 226 g/mol. The highest BCUT2D eigenvalue weighted by Crippen LogP contribution is 2.23. The third kappa shape index (κ3) is 1.52. The van der Waals surface area contributed by atoms with Crippen LogP contribution in [0.5, 0.6) is 0 Å². The number of halogens is 2. The molecule has 0 aliphatic carbocycles. The van der Waals surface area contributed by atoms with E-state index in [4.69, 9.17) is 5.11 Å². The van der Waals surface area contributed by atoms with Crippen molar-refractivity contribution in [1.82, 2.24) is 9.78 Å². The minimum absolute atomic E-state index is 0.0596. The summed E-state index contributed by atoms with van der Waals surface area (Å²) in [5, 5.41) is 12.9. The van der Waals surface area contributed by atoms with Gasteiger partial charge in [0.15, 0.2) is 0 Å². The molecule has 6 heteroatoms. The Morgan fingerprint density at radius 2 is 2.19 bits per heavy atom. The molecule has 0 radical (unpaired) electrons. The van der Waals surface area contributed by atoms with Gasteiger partial charge in [-0.25, -0.2) is 9.48 Å². The van der Waals surface area contributed by atoms with Gasteiger partial charge in [0, 0.05) is 5.39 Å². The molecule has 1 aromatic carbocycles. The number of carbonyl (C=O) groups is 1. The van der Waals surface area contributed by atoms with Crippen molar-refractivity contribution >= 4 is 16.9 Å². The molecular weight excluding hydrogens is 218 g/mol. The van der Waals surface area contributed by atoms with Crippen LogP contribution in [0.15, 0.2) is 18.2 Å². The summed E-state index contributed by atoms with van der Waals surface area (Å²) in [6.07, 6.45) is 0. The maximum Gasteiger partial charge on any atom is 0.335 e. The van der Waals surface area contributed by atoms with Gasteiger partial charge in [0.05, 0.1) is 16.8 Å². The summed E-state index contributed by atoms with van der Waals surface area (Å²) in [6, 6.07) is 3.97. The van der Waals surface area contributed by atoms with Gasteiger partial charge in [0.25, 0.3) is 0 Å². The molecule has 0 bridgehead atoms. The normalized spacial score (nSPS) is 11.2. The molecule has 0 saturated carbocycles. The molecule has 4 nitrogen and oxygen atoms in total. The van der Waals surface area contributed by atoms with Crippen LogP contribution in [-0.4, -0.2) is 20.9 Å². The fourth-order valence-corrected chi connectivity index (χ4v) is 1.58. The minimum Gasteiger partial charge on any atom is -0.478 e. The third-order valence-electron chi connectivity index (χ3n) is 2.32. The summed E-state index contributed by atoms with van der Waals surface area (Å²) in [4.78, 5) is 10.7. The van der Waals surface area contributed by atoms with Crippen LogP contribution in [0, 0.1) is 6.92 Å². The van der Waals surface area contributed by atoms with Crippen LogP contribution in [0.4, 0.5) is 8.78 Å². The smallest absolute Gasteiger partial charge is 0.335 e. The average molecular weight is 226 g/mol. The largest absolute Gasteiger partial charge is 0.478 e. The Bertz CT molecular complexity index is 563. The van der Waals surface area contributed by atoms with E-state index in [0.717, 1.165) is 0 Å². The Hall–Kier alpha value is -1.98. The Kier molecular flexibility index (Phi) is 2.34. The zero-order valence-corrected chi connectivity index (χ0v) is 8.32. The number of fused-ring (bicyclic) bond motifs is 1. The standard InChI is InChI=1S/C10H8F2N2O2/c1-5-7-4-6(9(15)16)2-3-8(7)14(13-5)10(11)12/h2-4,10H,1H3,(H,15,16). The molecule has 16 heavy (non-hydrogen) atoms. The Labute approximate surface area is 89.1 Å². The van der Waals surface area contributed by atoms with Gasteiger partial charge in [-0.1, -0.05) is 0 Å². The average Bonchev–Trinajstić information content (AvgIpc) is 2.56. The number of carboxylic acid groups (broad SMARTS) is 1. The van der Waals surface area contributed by atoms with Crippen LogP contribution in [0.25, 0.3) is 10.9 Å². The topological polar surface area (TPSA) is 55.1 Å². The van der Waals surface area contributed by atoms with Crippen LogP contribution in [0.3, 0.4) is 0 Å². The molecule has 0 atom stereocenters. The first-order chi connectivity index (χ1) is 7.50. The van der Waals surface area contributed by atoms with E-state index < -0.39 is 12.5 Å². The Morgan fingerprint density at radius 3 is 2.75 bits per heavy atom. The highest BCUT2D eigenvalue weighted by Gasteiger charge is 2.15. The minimum atomic E-state index is -2.73. The lowest BCUT2D eigenvalue weighted by Gasteiger charge is -2.00. The zero-order valence-electron chi connectivity index (χ0n) is 8.32. The maximum absolute atomic E-state index is 12.6. The molecule has 0 aliphatic heterocycles. The second kappa shape index (κ2) is 3.55. The maximum atomic E-state index is 12.6. The third-order valence-corrected chi connectivity index (χ3v) is 2.32. The molecule has 0 saturated heterocycles. The highest BCUT2D eigenvalue weighted by atomic mass is 19.3. The number of aromatic nitrogens is 2. The van der Waals surface area contributed by atoms with E-state index in [1.165, 1.54) is 18.2 Å². The molecule has 0 spiro atoms. The Morgan fingerprint density at radius 1 is 1.50 bits per heavy atom. The fraction of sp³-hybridized carbons (Fsp3) is 0.200. The van der Waals surface area contributed by atoms with Crippen molar-refractivity contribution in [2.24, 2.45) is 0 Å². The van der Waals surface area contributed by atoms with Gasteiger partial charge >= 0.3 is 12.5 Å². The van der Waals surface area contributed by atoms with Crippen molar-refractivity contribution in [2.45, 2.75) is 13.5 Å². The van der Waals surface area contributed by atoms with Crippen molar-refractivity contribution in [3.8, 4) is 0 Å². The van der Waals surface area contributed by atoms with Gasteiger partial charge in [-0.3, -0.25) is 0 Å². The molecule has 2 aromatic rings. The molecule has 0 unspecified atom stereocenters. The quantitative estimate of drug-likeness (QED) is 0.855. The lowest BCUT2D eigenvalue weighted by Crippen LogP contribution is -2.00. The van der Waals surface area contributed by atoms with Crippen LogP contribution in [0.2, 0.25) is 0 Å². The van der Waals surface area contributed by atoms with Gasteiger partial charge in [-0.2, -0.15) is 13.9 Å². The summed E-state index contributed by atoms with van der Waals surface area (Å²) in [5.74, 6) is -1.09. The van der Waals surface area contributed by atoms with Gasteiger partial charge in [0.1, 0.15) is 0 Å². The van der Waals surface area contributed by atoms with Crippen LogP contribution >= 0.6 is 0 Å². The number of benzene rings is 1. The van der Waals surface area contributed by atoms with Crippen LogP contribution in [-0.2, 0) is 0 Å². The van der Waals surface area contributed by atoms with E-state index in [9.17, 15) is 13.6 Å². The van der Waals surface area contributed by atoms with Crippen molar-refractivity contribution in [2.75, 3.05) is 0 Å². The van der Waals surface area contributed by atoms with E-state index in [1.807, 2.05) is 0 Å². The number of carboxylic acids is 1. The summed E-state index contributed by atoms with van der Waals surface area (Å²) >= 11 is 0. The summed E-state index contributed by atoms with van der Waals surface area (Å²) in [7, 11) is 0. The number of rotatable bonds is 2. The predicted molar refractivity (Wildman–Crippen MR) is 52.7 cm³/mol. The summed E-state index contributed by atoms with van der Waals surface area (Å²) in [6.45, 7) is -1.17. The van der Waals surface area contributed by atoms with Crippen molar-refractivity contribution in [1.29, 1.82) is 0 Å². The number of alkyl halides is 2. The number of nitrogens with zero attached hydrogens (tertiary/aromatic N) is 2. The lowest BCUT2D eigenvalue weighted by atomic mass is 10.1. The van der Waals surface area contributed by atoms with Gasteiger partial charge in [-0.15, -0.1) is 0 Å². The van der Waals surface area contributed by atoms with E-state index in [2.05, 4.69) is 5.10 Å². The molecule has 0 fully saturated rings. The fourth-order valence-electron chi connectivity index (χ4n) is 1.58. The first-order valence-corrected chi connectivity index (χ1v) is 4.51. The van der Waals surface area contributed by atoms with E-state index in [1.54, 1.807) is 6.92 Å². The molecule has 84 valence electrons. The van der Waals surface area contributed by atoms with E-state index in [-0.39, 0.29) is 11.1 Å². The van der Waals surface area contributed by atoms with Gasteiger partial charge in [0.2, 0.25) is 0 Å². The van der Waals surface area contributed by atoms with E-state index in [0.29, 0.717) is 15.8 Å². The molecule has 0 amide bonds. The zero-order chi connectivity index (χ0) is 11.9. The number of hydrogen-bond donors (Lipinski definition) is 1. The first kappa shape index (κ1) is 10.5. The number of aromatic carboxylic acids is 1. The highest BCUT2D eigenvalue weighted by molar-refractivity contribution is 5.94. The molecule has 1 N–H and O–H groups in total. The van der Waals surface area contributed by atoms with Crippen LogP contribution < -0.4 is 0 Å². The van der Waals surface area contributed by atoms with Crippen molar-refractivity contribution < 1.29 is 18.7 Å². The SMILES string of the molecule is Cc1nn(C(F)F)c2ccc(C(=O)O)cc12.